The van der Waals surface area contributed by atoms with Gasteiger partial charge < -0.3 is 14.5 Å². The second kappa shape index (κ2) is 4.65. The number of H-pyrrole nitrogens is 1. The van der Waals surface area contributed by atoms with E-state index in [1.54, 1.807) is 20.4 Å². The highest BCUT2D eigenvalue weighted by molar-refractivity contribution is 5.84. The molecule has 19 heavy (non-hydrogen) atoms. The summed E-state index contributed by atoms with van der Waals surface area (Å²) in [7, 11) is 3.29. The van der Waals surface area contributed by atoms with Gasteiger partial charge in [-0.2, -0.15) is 0 Å². The molecule has 0 amide bonds. The van der Waals surface area contributed by atoms with Crippen LogP contribution in [0.3, 0.4) is 0 Å². The Morgan fingerprint density at radius 3 is 2.68 bits per heavy atom. The molecule has 1 N–H and O–H groups in total. The van der Waals surface area contributed by atoms with Gasteiger partial charge in [-0.05, 0) is 30.3 Å². The largest absolute Gasteiger partial charge is 0.497 e. The highest BCUT2D eigenvalue weighted by Crippen LogP contribution is 2.33. The third kappa shape index (κ3) is 2.01. The first-order chi connectivity index (χ1) is 9.31. The molecule has 0 saturated heterocycles. The third-order valence-electron chi connectivity index (χ3n) is 3.09. The fourth-order valence-electron chi connectivity index (χ4n) is 2.12. The van der Waals surface area contributed by atoms with E-state index in [1.165, 1.54) is 0 Å². The molecule has 0 unspecified atom stereocenters. The number of nitrogens with one attached hydrogen (secondary N) is 1. The van der Waals surface area contributed by atoms with Gasteiger partial charge in [-0.1, -0.05) is 0 Å². The Balaban J connectivity index is 2.15. The molecule has 1 aromatic carbocycles. The molecule has 96 valence electrons. The number of aromatic amines is 1. The maximum Gasteiger partial charge on any atom is 0.137 e. The summed E-state index contributed by atoms with van der Waals surface area (Å²) < 4.78 is 10.6. The van der Waals surface area contributed by atoms with Gasteiger partial charge in [-0.3, -0.25) is 0 Å². The first kappa shape index (κ1) is 11.6. The third-order valence-corrected chi connectivity index (χ3v) is 3.09. The molecule has 0 aliphatic rings. The molecule has 0 atom stereocenters. The second-order valence-corrected chi connectivity index (χ2v) is 4.19. The molecule has 4 heteroatoms. The number of aromatic nitrogens is 2. The van der Waals surface area contributed by atoms with Crippen molar-refractivity contribution < 1.29 is 9.47 Å². The van der Waals surface area contributed by atoms with Crippen molar-refractivity contribution in [2.75, 3.05) is 14.2 Å². The summed E-state index contributed by atoms with van der Waals surface area (Å²) in [5.41, 5.74) is 2.84. The minimum absolute atomic E-state index is 0.769. The van der Waals surface area contributed by atoms with Crippen molar-refractivity contribution in [2.45, 2.75) is 0 Å². The van der Waals surface area contributed by atoms with Crippen LogP contribution < -0.4 is 9.47 Å². The molecule has 0 fully saturated rings. The lowest BCUT2D eigenvalue weighted by Gasteiger charge is -2.08. The normalized spacial score (nSPS) is 10.6. The van der Waals surface area contributed by atoms with Crippen molar-refractivity contribution in [1.29, 1.82) is 0 Å². The lowest BCUT2D eigenvalue weighted by molar-refractivity contribution is 0.395. The first-order valence-corrected chi connectivity index (χ1v) is 5.98. The van der Waals surface area contributed by atoms with Crippen LogP contribution in [0.2, 0.25) is 0 Å². The molecule has 3 aromatic rings. The molecule has 0 bridgehead atoms. The van der Waals surface area contributed by atoms with Crippen molar-refractivity contribution in [1.82, 2.24) is 9.97 Å². The number of nitrogens with zero attached hydrogens (tertiary/aromatic N) is 1. The number of benzene rings is 1. The number of hydrogen-bond donors (Lipinski definition) is 1. The van der Waals surface area contributed by atoms with Gasteiger partial charge in [0.05, 0.1) is 19.9 Å². The van der Waals surface area contributed by atoms with E-state index in [2.05, 4.69) is 16.0 Å². The van der Waals surface area contributed by atoms with E-state index in [1.807, 2.05) is 30.3 Å². The molecule has 0 aliphatic carbocycles. The SMILES string of the molecule is COc1ccc(-c2cc3cccnc3[nH]2)c(OC)c1. The summed E-state index contributed by atoms with van der Waals surface area (Å²) in [5, 5.41) is 1.08. The Morgan fingerprint density at radius 2 is 1.95 bits per heavy atom. The van der Waals surface area contributed by atoms with Crippen LogP contribution in [0.5, 0.6) is 11.5 Å². The van der Waals surface area contributed by atoms with Gasteiger partial charge in [0.25, 0.3) is 0 Å². The fourth-order valence-corrected chi connectivity index (χ4v) is 2.12. The van der Waals surface area contributed by atoms with Crippen molar-refractivity contribution >= 4 is 11.0 Å². The highest BCUT2D eigenvalue weighted by Gasteiger charge is 2.10. The summed E-state index contributed by atoms with van der Waals surface area (Å²) in [6.45, 7) is 0. The molecule has 0 spiro atoms. The number of rotatable bonds is 3. The van der Waals surface area contributed by atoms with Crippen LogP contribution in [0, 0.1) is 0 Å². The average Bonchev–Trinajstić information content (AvgIpc) is 2.90. The number of hydrogen-bond acceptors (Lipinski definition) is 3. The summed E-state index contributed by atoms with van der Waals surface area (Å²) in [6, 6.07) is 11.8. The standard InChI is InChI=1S/C15H14N2O2/c1-18-11-5-6-12(14(9-11)19-2)13-8-10-4-3-7-16-15(10)17-13/h3-9H,1-2H3,(H,16,17). The smallest absolute Gasteiger partial charge is 0.137 e. The highest BCUT2D eigenvalue weighted by atomic mass is 16.5. The second-order valence-electron chi connectivity index (χ2n) is 4.19. The van der Waals surface area contributed by atoms with Crippen molar-refractivity contribution in [3.63, 3.8) is 0 Å². The number of methoxy groups -OCH3 is 2. The molecule has 4 nitrogen and oxygen atoms in total. The fraction of sp³-hybridized carbons (Fsp3) is 0.133. The molecule has 0 saturated carbocycles. The van der Waals surface area contributed by atoms with Gasteiger partial charge in [-0.25, -0.2) is 4.98 Å². The van der Waals surface area contributed by atoms with Crippen LogP contribution in [-0.2, 0) is 0 Å². The zero-order chi connectivity index (χ0) is 13.2. The molecule has 0 aliphatic heterocycles. The van der Waals surface area contributed by atoms with Gasteiger partial charge in [-0.15, -0.1) is 0 Å². The Labute approximate surface area is 111 Å². The maximum absolute atomic E-state index is 5.42. The Hall–Kier alpha value is -2.49. The lowest BCUT2D eigenvalue weighted by Crippen LogP contribution is -1.90. The van der Waals surface area contributed by atoms with E-state index in [0.29, 0.717) is 0 Å². The predicted molar refractivity (Wildman–Crippen MR) is 74.6 cm³/mol. The minimum Gasteiger partial charge on any atom is -0.497 e. The van der Waals surface area contributed by atoms with Crippen molar-refractivity contribution in [2.24, 2.45) is 0 Å². The van der Waals surface area contributed by atoms with Gasteiger partial charge >= 0.3 is 0 Å². The summed E-state index contributed by atoms with van der Waals surface area (Å²) in [4.78, 5) is 7.59. The van der Waals surface area contributed by atoms with Gasteiger partial charge in [0, 0.05) is 23.2 Å². The first-order valence-electron chi connectivity index (χ1n) is 5.98. The summed E-state index contributed by atoms with van der Waals surface area (Å²) in [6.07, 6.45) is 1.77. The number of pyridine rings is 1. The van der Waals surface area contributed by atoms with Gasteiger partial charge in [0.1, 0.15) is 17.1 Å². The molecular weight excluding hydrogens is 240 g/mol. The van der Waals surface area contributed by atoms with Crippen LogP contribution in [-0.4, -0.2) is 24.2 Å². The molecular formula is C15H14N2O2. The topological polar surface area (TPSA) is 47.1 Å². The Bertz CT molecular complexity index is 686. The molecule has 0 radical (unpaired) electrons. The van der Waals surface area contributed by atoms with E-state index >= 15 is 0 Å². The molecule has 2 aromatic heterocycles. The van der Waals surface area contributed by atoms with Crippen LogP contribution in [0.1, 0.15) is 0 Å². The monoisotopic (exact) mass is 254 g/mol. The van der Waals surface area contributed by atoms with Crippen LogP contribution in [0.25, 0.3) is 22.3 Å². The van der Waals surface area contributed by atoms with Gasteiger partial charge in [0.15, 0.2) is 0 Å². The van der Waals surface area contributed by atoms with E-state index in [0.717, 1.165) is 33.8 Å². The number of fused-ring (bicyclic) bond motifs is 1. The van der Waals surface area contributed by atoms with Crippen molar-refractivity contribution in [3.8, 4) is 22.8 Å². The van der Waals surface area contributed by atoms with Crippen LogP contribution in [0.4, 0.5) is 0 Å². The Kier molecular flexibility index (Phi) is 2.83. The van der Waals surface area contributed by atoms with Crippen molar-refractivity contribution in [3.05, 3.63) is 42.6 Å². The summed E-state index contributed by atoms with van der Waals surface area (Å²) in [5.74, 6) is 1.54. The maximum atomic E-state index is 5.42. The quantitative estimate of drug-likeness (QED) is 0.780. The summed E-state index contributed by atoms with van der Waals surface area (Å²) >= 11 is 0. The van der Waals surface area contributed by atoms with Crippen LogP contribution >= 0.6 is 0 Å². The van der Waals surface area contributed by atoms with Gasteiger partial charge in [0.2, 0.25) is 0 Å². The molecule has 2 heterocycles. The minimum atomic E-state index is 0.769. The van der Waals surface area contributed by atoms with Crippen LogP contribution in [0.15, 0.2) is 42.6 Å². The zero-order valence-corrected chi connectivity index (χ0v) is 10.8. The predicted octanol–water partition coefficient (Wildman–Crippen LogP) is 3.25. The number of ether oxygens (including phenoxy) is 2. The Morgan fingerprint density at radius 1 is 1.05 bits per heavy atom. The van der Waals surface area contributed by atoms with E-state index in [9.17, 15) is 0 Å². The van der Waals surface area contributed by atoms with E-state index in [4.69, 9.17) is 9.47 Å². The lowest BCUT2D eigenvalue weighted by atomic mass is 10.1. The average molecular weight is 254 g/mol. The molecule has 3 rings (SSSR count). The van der Waals surface area contributed by atoms with E-state index in [-0.39, 0.29) is 0 Å². The van der Waals surface area contributed by atoms with E-state index < -0.39 is 0 Å². The zero-order valence-electron chi connectivity index (χ0n) is 10.8.